The molecule has 2 fully saturated rings. The fraction of sp³-hybridized carbons (Fsp3) is 0.667. The van der Waals surface area contributed by atoms with Crippen LogP contribution in [0, 0.1) is 17.2 Å². The Kier molecular flexibility index (Phi) is 3.40. The fourth-order valence-corrected chi connectivity index (χ4v) is 4.32. The maximum atomic E-state index is 9.19. The third-order valence-corrected chi connectivity index (χ3v) is 5.64. The molecule has 1 aromatic heterocycles. The van der Waals surface area contributed by atoms with E-state index < -0.39 is 0 Å². The molecule has 2 aliphatic carbocycles. The molecule has 1 aromatic rings. The van der Waals surface area contributed by atoms with Crippen LogP contribution < -0.4 is 10.6 Å². The number of thiophene rings is 1. The highest BCUT2D eigenvalue weighted by atomic mass is 32.1. The second-order valence-electron chi connectivity index (χ2n) is 5.98. The van der Waals surface area contributed by atoms with E-state index in [0.29, 0.717) is 10.8 Å². The van der Waals surface area contributed by atoms with Gasteiger partial charge in [0.05, 0.1) is 10.7 Å². The van der Waals surface area contributed by atoms with Gasteiger partial charge in [0, 0.05) is 19.2 Å². The summed E-state index contributed by atoms with van der Waals surface area (Å²) in [4.78, 5) is 3.06. The first-order valence-corrected chi connectivity index (χ1v) is 8.05. The average Bonchev–Trinajstić information content (AvgIpc) is 2.99. The summed E-state index contributed by atoms with van der Waals surface area (Å²) in [6, 6.07) is 2.25. The van der Waals surface area contributed by atoms with Crippen LogP contribution in [0.4, 0.5) is 10.7 Å². The number of nitrogens with zero attached hydrogens (tertiary/aromatic N) is 2. The Morgan fingerprint density at radius 2 is 2.00 bits per heavy atom. The molecule has 0 radical (unpaired) electrons. The first-order valence-electron chi connectivity index (χ1n) is 7.24. The number of nitrogens with two attached hydrogens (primary N) is 1. The molecule has 1 heterocycles. The Hall–Kier alpha value is -1.21. The molecular formula is C15H21N3S. The van der Waals surface area contributed by atoms with Crippen molar-refractivity contribution in [3.05, 3.63) is 10.4 Å². The fourth-order valence-electron chi connectivity index (χ4n) is 3.24. The molecule has 2 aliphatic rings. The van der Waals surface area contributed by atoms with Crippen LogP contribution in [0.5, 0.6) is 0 Å². The van der Waals surface area contributed by atoms with E-state index in [-0.39, 0.29) is 0 Å². The van der Waals surface area contributed by atoms with Crippen molar-refractivity contribution in [2.75, 3.05) is 24.2 Å². The molecule has 0 unspecified atom stereocenters. The van der Waals surface area contributed by atoms with E-state index in [9.17, 15) is 5.26 Å². The Morgan fingerprint density at radius 3 is 2.58 bits per heavy atom. The number of hydrogen-bond donors (Lipinski definition) is 1. The van der Waals surface area contributed by atoms with Gasteiger partial charge in [-0.3, -0.25) is 0 Å². The van der Waals surface area contributed by atoms with Crippen molar-refractivity contribution in [2.24, 2.45) is 5.92 Å². The lowest BCUT2D eigenvalue weighted by atomic mass is 10.1. The maximum absolute atomic E-state index is 9.19. The van der Waals surface area contributed by atoms with Crippen LogP contribution in [-0.2, 0) is 0 Å². The van der Waals surface area contributed by atoms with Crippen LogP contribution in [0.1, 0.15) is 54.9 Å². The molecule has 0 atom stereocenters. The van der Waals surface area contributed by atoms with E-state index in [1.165, 1.54) is 49.1 Å². The summed E-state index contributed by atoms with van der Waals surface area (Å²) in [5, 5.41) is 10.4. The van der Waals surface area contributed by atoms with Gasteiger partial charge in [-0.1, -0.05) is 12.8 Å². The van der Waals surface area contributed by atoms with Crippen LogP contribution in [0.3, 0.4) is 0 Å². The topological polar surface area (TPSA) is 53.0 Å². The van der Waals surface area contributed by atoms with Gasteiger partial charge in [0.15, 0.2) is 0 Å². The number of rotatable bonds is 4. The Bertz CT molecular complexity index is 504. The van der Waals surface area contributed by atoms with Gasteiger partial charge in [0.1, 0.15) is 10.9 Å². The molecule has 3 nitrogen and oxygen atoms in total. The molecule has 0 spiro atoms. The summed E-state index contributed by atoms with van der Waals surface area (Å²) in [6.07, 6.45) is 7.93. The summed E-state index contributed by atoms with van der Waals surface area (Å²) >= 11 is 1.59. The quantitative estimate of drug-likeness (QED) is 0.911. The van der Waals surface area contributed by atoms with Crippen LogP contribution in [-0.4, -0.2) is 13.6 Å². The van der Waals surface area contributed by atoms with Crippen LogP contribution in [0.25, 0.3) is 0 Å². The van der Waals surface area contributed by atoms with Gasteiger partial charge in [-0.2, -0.15) is 5.26 Å². The van der Waals surface area contributed by atoms with Crippen molar-refractivity contribution in [1.29, 1.82) is 5.26 Å². The van der Waals surface area contributed by atoms with Crippen LogP contribution in [0.2, 0.25) is 0 Å². The second kappa shape index (κ2) is 5.05. The number of nitrogen functional groups attached to an aromatic ring is 1. The molecule has 0 saturated heterocycles. The normalized spacial score (nSPS) is 19.6. The molecule has 4 heteroatoms. The highest BCUT2D eigenvalue weighted by molar-refractivity contribution is 7.17. The van der Waals surface area contributed by atoms with Gasteiger partial charge in [-0.25, -0.2) is 0 Å². The largest absolute Gasteiger partial charge is 0.397 e. The molecule has 0 bridgehead atoms. The van der Waals surface area contributed by atoms with Crippen molar-refractivity contribution in [2.45, 2.75) is 44.4 Å². The van der Waals surface area contributed by atoms with Crippen molar-refractivity contribution >= 4 is 22.0 Å². The van der Waals surface area contributed by atoms with Gasteiger partial charge in [0.25, 0.3) is 0 Å². The molecule has 0 aromatic carbocycles. The standard InChI is InChI=1S/C15H21N3S/c1-18(9-10-4-2-3-5-10)15-13(11-6-7-11)14(17)12(8-16)19-15/h10-11H,2-7,9,17H2,1H3. The molecule has 0 aliphatic heterocycles. The van der Waals surface area contributed by atoms with Crippen molar-refractivity contribution < 1.29 is 0 Å². The third kappa shape index (κ3) is 2.44. The molecule has 2 saturated carbocycles. The summed E-state index contributed by atoms with van der Waals surface area (Å²) in [6.45, 7) is 1.12. The van der Waals surface area contributed by atoms with Crippen LogP contribution in [0.15, 0.2) is 0 Å². The van der Waals surface area contributed by atoms with E-state index in [0.717, 1.165) is 18.2 Å². The average molecular weight is 275 g/mol. The SMILES string of the molecule is CN(CC1CCCC1)c1sc(C#N)c(N)c1C1CC1. The van der Waals surface area contributed by atoms with Crippen molar-refractivity contribution in [3.63, 3.8) is 0 Å². The molecular weight excluding hydrogens is 254 g/mol. The van der Waals surface area contributed by atoms with Gasteiger partial charge >= 0.3 is 0 Å². The first-order chi connectivity index (χ1) is 9.20. The van der Waals surface area contributed by atoms with E-state index in [1.54, 1.807) is 11.3 Å². The third-order valence-electron chi connectivity index (χ3n) is 4.40. The molecule has 3 rings (SSSR count). The second-order valence-corrected chi connectivity index (χ2v) is 6.98. The highest BCUT2D eigenvalue weighted by Crippen LogP contribution is 2.51. The highest BCUT2D eigenvalue weighted by Gasteiger charge is 2.33. The Balaban J connectivity index is 1.84. The summed E-state index contributed by atoms with van der Waals surface area (Å²) < 4.78 is 0. The summed E-state index contributed by atoms with van der Waals surface area (Å²) in [7, 11) is 2.16. The lowest BCUT2D eigenvalue weighted by Crippen LogP contribution is -2.24. The number of nitriles is 1. The zero-order valence-corrected chi connectivity index (χ0v) is 12.3. The number of hydrogen-bond acceptors (Lipinski definition) is 4. The Morgan fingerprint density at radius 1 is 1.32 bits per heavy atom. The van der Waals surface area contributed by atoms with Crippen LogP contribution >= 0.6 is 11.3 Å². The zero-order chi connectivity index (χ0) is 13.4. The molecule has 0 amide bonds. The van der Waals surface area contributed by atoms with Crippen molar-refractivity contribution in [1.82, 2.24) is 0 Å². The molecule has 19 heavy (non-hydrogen) atoms. The predicted molar refractivity (Wildman–Crippen MR) is 80.6 cm³/mol. The minimum Gasteiger partial charge on any atom is -0.397 e. The molecule has 2 N–H and O–H groups in total. The minimum absolute atomic E-state index is 0.611. The predicted octanol–water partition coefficient (Wildman–Crippen LogP) is 3.71. The van der Waals surface area contributed by atoms with Gasteiger partial charge in [0.2, 0.25) is 0 Å². The lowest BCUT2D eigenvalue weighted by molar-refractivity contribution is 0.548. The first kappa shape index (κ1) is 12.8. The van der Waals surface area contributed by atoms with Gasteiger partial charge in [-0.15, -0.1) is 11.3 Å². The Labute approximate surface area is 119 Å². The summed E-state index contributed by atoms with van der Waals surface area (Å²) in [5.74, 6) is 1.44. The van der Waals surface area contributed by atoms with Gasteiger partial charge in [-0.05, 0) is 37.5 Å². The van der Waals surface area contributed by atoms with Crippen molar-refractivity contribution in [3.8, 4) is 6.07 Å². The zero-order valence-electron chi connectivity index (χ0n) is 11.5. The van der Waals surface area contributed by atoms with E-state index in [1.807, 2.05) is 0 Å². The molecule has 102 valence electrons. The minimum atomic E-state index is 0.611. The van der Waals surface area contributed by atoms with E-state index >= 15 is 0 Å². The van der Waals surface area contributed by atoms with Gasteiger partial charge < -0.3 is 10.6 Å². The lowest BCUT2D eigenvalue weighted by Gasteiger charge is -2.23. The smallest absolute Gasteiger partial charge is 0.130 e. The van der Waals surface area contributed by atoms with E-state index in [4.69, 9.17) is 5.73 Å². The monoisotopic (exact) mass is 275 g/mol. The summed E-state index contributed by atoms with van der Waals surface area (Å²) in [5.41, 5.74) is 8.18. The van der Waals surface area contributed by atoms with E-state index in [2.05, 4.69) is 18.0 Å². The number of anilines is 2. The maximum Gasteiger partial charge on any atom is 0.130 e.